The fraction of sp³-hybridized carbons (Fsp3) is 0.429. The summed E-state index contributed by atoms with van der Waals surface area (Å²) in [4.78, 5) is 17.6. The highest BCUT2D eigenvalue weighted by molar-refractivity contribution is 7.71. The van der Waals surface area contributed by atoms with Gasteiger partial charge < -0.3 is 19.0 Å². The Balaban J connectivity index is 1.86. The molecule has 0 saturated carbocycles. The molecule has 1 aromatic heterocycles. The molecule has 0 aliphatic carbocycles. The Kier molecular flexibility index (Phi) is 3.58. The third kappa shape index (κ3) is 2.48. The average molecular weight is 292 g/mol. The van der Waals surface area contributed by atoms with Gasteiger partial charge in [0.25, 0.3) is 10.7 Å². The number of carbonyl (C=O) groups excluding carboxylic acids is 1. The Labute approximate surface area is 121 Å². The molecule has 0 spiro atoms. The molecule has 0 bridgehead atoms. The van der Waals surface area contributed by atoms with Gasteiger partial charge in [0, 0.05) is 25.8 Å². The van der Waals surface area contributed by atoms with Crippen LogP contribution in [0.3, 0.4) is 0 Å². The van der Waals surface area contributed by atoms with Gasteiger partial charge in [-0.05, 0) is 43.3 Å². The number of carbonyl (C=O) groups is 1. The number of rotatable bonds is 2. The van der Waals surface area contributed by atoms with Crippen LogP contribution >= 0.6 is 12.2 Å². The van der Waals surface area contributed by atoms with Crippen LogP contribution in [0.25, 0.3) is 11.1 Å². The van der Waals surface area contributed by atoms with Crippen LogP contribution in [0.15, 0.2) is 22.6 Å². The molecule has 1 atom stereocenters. The first-order valence-electron chi connectivity index (χ1n) is 6.62. The van der Waals surface area contributed by atoms with Crippen molar-refractivity contribution in [2.75, 3.05) is 20.2 Å². The van der Waals surface area contributed by atoms with Crippen LogP contribution < -0.4 is 0 Å². The number of aromatic amines is 1. The molecule has 1 amide bonds. The first-order valence-corrected chi connectivity index (χ1v) is 7.03. The first kappa shape index (κ1) is 13.3. The summed E-state index contributed by atoms with van der Waals surface area (Å²) in [7, 11) is 1.69. The van der Waals surface area contributed by atoms with E-state index in [1.54, 1.807) is 19.2 Å². The summed E-state index contributed by atoms with van der Waals surface area (Å²) in [6.45, 7) is 1.41. The van der Waals surface area contributed by atoms with E-state index in [4.69, 9.17) is 21.4 Å². The van der Waals surface area contributed by atoms with Crippen molar-refractivity contribution in [3.05, 3.63) is 28.6 Å². The lowest BCUT2D eigenvalue weighted by atomic mass is 10.1. The maximum atomic E-state index is 12.5. The van der Waals surface area contributed by atoms with E-state index < -0.39 is 0 Å². The summed E-state index contributed by atoms with van der Waals surface area (Å²) in [5, 5.41) is 0. The fourth-order valence-corrected chi connectivity index (χ4v) is 2.78. The summed E-state index contributed by atoms with van der Waals surface area (Å²) in [6.07, 6.45) is 2.11. The third-order valence-electron chi connectivity index (χ3n) is 3.67. The van der Waals surface area contributed by atoms with E-state index >= 15 is 0 Å². The maximum Gasteiger partial charge on any atom is 0.266 e. The SMILES string of the molecule is CO[C@H]1CCCN(C(=O)c2ccc3[nH]c(=S)oc3c2)C1. The van der Waals surface area contributed by atoms with Crippen LogP contribution in [0.1, 0.15) is 23.2 Å². The molecule has 20 heavy (non-hydrogen) atoms. The molecule has 106 valence electrons. The Morgan fingerprint density at radius 2 is 2.40 bits per heavy atom. The van der Waals surface area contributed by atoms with Gasteiger partial charge in [-0.15, -0.1) is 0 Å². The molecule has 6 heteroatoms. The highest BCUT2D eigenvalue weighted by Gasteiger charge is 2.24. The average Bonchev–Trinajstić information content (AvgIpc) is 2.85. The van der Waals surface area contributed by atoms with Gasteiger partial charge in [-0.3, -0.25) is 4.79 Å². The monoisotopic (exact) mass is 292 g/mol. The number of amides is 1. The van der Waals surface area contributed by atoms with Gasteiger partial charge >= 0.3 is 0 Å². The highest BCUT2D eigenvalue weighted by atomic mass is 32.1. The number of nitrogens with zero attached hydrogens (tertiary/aromatic N) is 1. The number of aromatic nitrogens is 1. The summed E-state index contributed by atoms with van der Waals surface area (Å²) in [6, 6.07) is 5.35. The molecule has 1 aromatic carbocycles. The highest BCUT2D eigenvalue weighted by Crippen LogP contribution is 2.19. The van der Waals surface area contributed by atoms with Crippen molar-refractivity contribution < 1.29 is 13.9 Å². The minimum absolute atomic E-state index is 0.0102. The van der Waals surface area contributed by atoms with Crippen LogP contribution in [-0.4, -0.2) is 42.1 Å². The van der Waals surface area contributed by atoms with Crippen molar-refractivity contribution in [1.82, 2.24) is 9.88 Å². The number of hydrogen-bond donors (Lipinski definition) is 1. The van der Waals surface area contributed by atoms with Crippen LogP contribution in [0.2, 0.25) is 0 Å². The number of oxazole rings is 1. The standard InChI is InChI=1S/C14H16N2O3S/c1-18-10-3-2-6-16(8-10)13(17)9-4-5-11-12(7-9)19-14(20)15-11/h4-5,7,10H,2-3,6,8H2,1H3,(H,15,20)/t10-/m0/s1. The van der Waals surface area contributed by atoms with E-state index in [0.717, 1.165) is 24.9 Å². The molecular weight excluding hydrogens is 276 g/mol. The Bertz CT molecular complexity index is 691. The lowest BCUT2D eigenvalue weighted by molar-refractivity contribution is 0.0269. The van der Waals surface area contributed by atoms with Crippen LogP contribution in [-0.2, 0) is 4.74 Å². The Morgan fingerprint density at radius 1 is 1.55 bits per heavy atom. The van der Waals surface area contributed by atoms with Crippen LogP contribution in [0, 0.1) is 4.84 Å². The Morgan fingerprint density at radius 3 is 3.20 bits per heavy atom. The van der Waals surface area contributed by atoms with E-state index in [1.807, 2.05) is 11.0 Å². The van der Waals surface area contributed by atoms with Gasteiger partial charge in [0.2, 0.25) is 0 Å². The van der Waals surface area contributed by atoms with Gasteiger partial charge in [-0.2, -0.15) is 0 Å². The van der Waals surface area contributed by atoms with Gasteiger partial charge in [0.05, 0.1) is 11.6 Å². The predicted octanol–water partition coefficient (Wildman–Crippen LogP) is 2.74. The topological polar surface area (TPSA) is 58.5 Å². The van der Waals surface area contributed by atoms with Gasteiger partial charge in [0.15, 0.2) is 5.58 Å². The summed E-state index contributed by atoms with van der Waals surface area (Å²) in [5.74, 6) is 0.0102. The normalized spacial score (nSPS) is 19.4. The molecule has 1 N–H and O–H groups in total. The van der Waals surface area contributed by atoms with E-state index in [0.29, 0.717) is 22.5 Å². The number of fused-ring (bicyclic) bond motifs is 1. The largest absolute Gasteiger partial charge is 0.429 e. The smallest absolute Gasteiger partial charge is 0.266 e. The van der Waals surface area contributed by atoms with E-state index in [9.17, 15) is 4.79 Å². The van der Waals surface area contributed by atoms with Crippen LogP contribution in [0.4, 0.5) is 0 Å². The van der Waals surface area contributed by atoms with Crippen molar-refractivity contribution in [3.8, 4) is 0 Å². The van der Waals surface area contributed by atoms with E-state index in [-0.39, 0.29) is 12.0 Å². The van der Waals surface area contributed by atoms with Gasteiger partial charge in [-0.25, -0.2) is 0 Å². The number of piperidine rings is 1. The molecular formula is C14H16N2O3S. The second-order valence-electron chi connectivity index (χ2n) is 4.98. The third-order valence-corrected chi connectivity index (χ3v) is 3.85. The number of benzene rings is 1. The molecule has 0 radical (unpaired) electrons. The molecule has 1 fully saturated rings. The molecule has 1 saturated heterocycles. The van der Waals surface area contributed by atoms with Crippen molar-refractivity contribution in [1.29, 1.82) is 0 Å². The molecule has 1 aliphatic rings. The second-order valence-corrected chi connectivity index (χ2v) is 5.35. The molecule has 3 rings (SSSR count). The van der Waals surface area contributed by atoms with Crippen LogP contribution in [0.5, 0.6) is 0 Å². The van der Waals surface area contributed by atoms with Crippen molar-refractivity contribution >= 4 is 29.2 Å². The number of methoxy groups -OCH3 is 1. The number of H-pyrrole nitrogens is 1. The first-order chi connectivity index (χ1) is 9.67. The number of hydrogen-bond acceptors (Lipinski definition) is 4. The quantitative estimate of drug-likeness (QED) is 0.865. The molecule has 5 nitrogen and oxygen atoms in total. The van der Waals surface area contributed by atoms with Crippen molar-refractivity contribution in [2.45, 2.75) is 18.9 Å². The zero-order valence-corrected chi connectivity index (χ0v) is 12.0. The predicted molar refractivity (Wildman–Crippen MR) is 77.3 cm³/mol. The second kappa shape index (κ2) is 5.38. The molecule has 2 aromatic rings. The minimum atomic E-state index is 0.0102. The lowest BCUT2D eigenvalue weighted by Crippen LogP contribution is -2.42. The van der Waals surface area contributed by atoms with Crippen molar-refractivity contribution in [2.24, 2.45) is 0 Å². The molecule has 0 unspecified atom stereocenters. The number of likely N-dealkylation sites (tertiary alicyclic amines) is 1. The maximum absolute atomic E-state index is 12.5. The number of nitrogens with one attached hydrogen (secondary N) is 1. The summed E-state index contributed by atoms with van der Waals surface area (Å²) in [5.41, 5.74) is 2.04. The van der Waals surface area contributed by atoms with Crippen molar-refractivity contribution in [3.63, 3.8) is 0 Å². The summed E-state index contributed by atoms with van der Waals surface area (Å²) < 4.78 is 10.7. The zero-order valence-electron chi connectivity index (χ0n) is 11.2. The zero-order chi connectivity index (χ0) is 14.1. The molecule has 2 heterocycles. The lowest BCUT2D eigenvalue weighted by Gasteiger charge is -2.31. The van der Waals surface area contributed by atoms with E-state index in [1.165, 1.54) is 0 Å². The van der Waals surface area contributed by atoms with Gasteiger partial charge in [0.1, 0.15) is 0 Å². The van der Waals surface area contributed by atoms with E-state index in [2.05, 4.69) is 4.98 Å². The summed E-state index contributed by atoms with van der Waals surface area (Å²) >= 11 is 4.94. The Hall–Kier alpha value is -1.66. The fourth-order valence-electron chi connectivity index (χ4n) is 2.58. The number of ether oxygens (including phenoxy) is 1. The molecule has 1 aliphatic heterocycles. The minimum Gasteiger partial charge on any atom is -0.429 e. The van der Waals surface area contributed by atoms with Gasteiger partial charge in [-0.1, -0.05) is 0 Å².